The van der Waals surface area contributed by atoms with Gasteiger partial charge in [0, 0.05) is 12.3 Å². The van der Waals surface area contributed by atoms with Crippen molar-refractivity contribution in [2.45, 2.75) is 30.2 Å². The van der Waals surface area contributed by atoms with Gasteiger partial charge in [-0.1, -0.05) is 18.6 Å². The van der Waals surface area contributed by atoms with Gasteiger partial charge in [-0.05, 0) is 36.5 Å². The first-order valence-corrected chi connectivity index (χ1v) is 7.43. The van der Waals surface area contributed by atoms with Crippen LogP contribution >= 0.6 is 12.4 Å². The Morgan fingerprint density at radius 3 is 2.12 bits per heavy atom. The molecule has 2 N–H and O–H groups in total. The highest BCUT2D eigenvalue weighted by Crippen LogP contribution is 2.36. The molecule has 1 atom stereocenters. The molecule has 1 aromatic carbocycles. The van der Waals surface area contributed by atoms with Crippen molar-refractivity contribution in [1.29, 1.82) is 0 Å². The molecule has 0 bridgehead atoms. The molecule has 96 valence electrons. The van der Waals surface area contributed by atoms with E-state index in [9.17, 15) is 8.42 Å². The summed E-state index contributed by atoms with van der Waals surface area (Å²) in [5.74, 6) is 0.573. The van der Waals surface area contributed by atoms with Crippen LogP contribution in [0.2, 0.25) is 0 Å². The van der Waals surface area contributed by atoms with E-state index in [-0.39, 0.29) is 18.4 Å². The molecule has 3 nitrogen and oxygen atoms in total. The highest BCUT2D eigenvalue weighted by molar-refractivity contribution is 7.90. The number of sulfone groups is 1. The first-order chi connectivity index (χ1) is 7.48. The highest BCUT2D eigenvalue weighted by atomic mass is 35.5. The monoisotopic (exact) mass is 275 g/mol. The summed E-state index contributed by atoms with van der Waals surface area (Å²) < 4.78 is 22.6. The van der Waals surface area contributed by atoms with Crippen molar-refractivity contribution in [3.63, 3.8) is 0 Å². The quantitative estimate of drug-likeness (QED) is 0.921. The van der Waals surface area contributed by atoms with Crippen LogP contribution in [0.15, 0.2) is 29.2 Å². The van der Waals surface area contributed by atoms with E-state index in [1.807, 2.05) is 12.1 Å². The Labute approximate surface area is 109 Å². The molecule has 0 aliphatic heterocycles. The summed E-state index contributed by atoms with van der Waals surface area (Å²) >= 11 is 0. The van der Waals surface area contributed by atoms with E-state index in [0.717, 1.165) is 5.56 Å². The molecular formula is C12H18ClNO2S. The van der Waals surface area contributed by atoms with Gasteiger partial charge < -0.3 is 5.73 Å². The predicted molar refractivity (Wildman–Crippen MR) is 71.1 cm³/mol. The van der Waals surface area contributed by atoms with Gasteiger partial charge in [-0.2, -0.15) is 0 Å². The van der Waals surface area contributed by atoms with Gasteiger partial charge in [-0.15, -0.1) is 12.4 Å². The van der Waals surface area contributed by atoms with Crippen LogP contribution < -0.4 is 5.73 Å². The Morgan fingerprint density at radius 1 is 1.24 bits per heavy atom. The zero-order valence-corrected chi connectivity index (χ0v) is 11.4. The van der Waals surface area contributed by atoms with E-state index >= 15 is 0 Å². The van der Waals surface area contributed by atoms with Crippen molar-refractivity contribution in [3.8, 4) is 0 Å². The van der Waals surface area contributed by atoms with Gasteiger partial charge in [-0.25, -0.2) is 8.42 Å². The second-order valence-corrected chi connectivity index (χ2v) is 6.57. The number of nitrogens with two attached hydrogens (primary N) is 1. The normalized spacial score (nSPS) is 18.0. The SMILES string of the molecule is CS(=O)(=O)c1ccc([C@@H](N)C2CCC2)cc1.Cl. The minimum Gasteiger partial charge on any atom is -0.324 e. The molecular weight excluding hydrogens is 258 g/mol. The zero-order valence-electron chi connectivity index (χ0n) is 9.80. The van der Waals surface area contributed by atoms with E-state index < -0.39 is 9.84 Å². The van der Waals surface area contributed by atoms with Crippen molar-refractivity contribution in [1.82, 2.24) is 0 Å². The second-order valence-electron chi connectivity index (χ2n) is 4.56. The van der Waals surface area contributed by atoms with Crippen LogP contribution in [0.5, 0.6) is 0 Å². The van der Waals surface area contributed by atoms with E-state index in [1.165, 1.54) is 25.5 Å². The lowest BCUT2D eigenvalue weighted by molar-refractivity contribution is 0.264. The lowest BCUT2D eigenvalue weighted by Gasteiger charge is -2.31. The molecule has 1 aliphatic carbocycles. The molecule has 2 rings (SSSR count). The Balaban J connectivity index is 0.00000144. The third-order valence-electron chi connectivity index (χ3n) is 3.35. The van der Waals surface area contributed by atoms with Crippen molar-refractivity contribution < 1.29 is 8.42 Å². The summed E-state index contributed by atoms with van der Waals surface area (Å²) in [4.78, 5) is 0.358. The number of rotatable bonds is 3. The first-order valence-electron chi connectivity index (χ1n) is 5.54. The van der Waals surface area contributed by atoms with Crippen LogP contribution in [0.4, 0.5) is 0 Å². The van der Waals surface area contributed by atoms with Crippen LogP contribution in [0.1, 0.15) is 30.9 Å². The number of hydrogen-bond acceptors (Lipinski definition) is 3. The molecule has 0 aromatic heterocycles. The third kappa shape index (κ3) is 3.21. The lowest BCUT2D eigenvalue weighted by atomic mass is 9.78. The fourth-order valence-corrected chi connectivity index (χ4v) is 2.64. The molecule has 17 heavy (non-hydrogen) atoms. The number of halogens is 1. The van der Waals surface area contributed by atoms with Gasteiger partial charge in [0.15, 0.2) is 9.84 Å². The molecule has 0 amide bonds. The Morgan fingerprint density at radius 2 is 1.76 bits per heavy atom. The summed E-state index contributed by atoms with van der Waals surface area (Å²) in [6.45, 7) is 0. The number of benzene rings is 1. The van der Waals surface area contributed by atoms with Gasteiger partial charge in [-0.3, -0.25) is 0 Å². The van der Waals surface area contributed by atoms with Crippen LogP contribution in [0.3, 0.4) is 0 Å². The van der Waals surface area contributed by atoms with Crippen molar-refractivity contribution in [2.75, 3.05) is 6.26 Å². The third-order valence-corrected chi connectivity index (χ3v) is 4.48. The topological polar surface area (TPSA) is 60.2 Å². The first kappa shape index (κ1) is 14.5. The minimum absolute atomic E-state index is 0. The predicted octanol–water partition coefficient (Wildman–Crippen LogP) is 2.31. The van der Waals surface area contributed by atoms with E-state index in [1.54, 1.807) is 12.1 Å². The maximum Gasteiger partial charge on any atom is 0.175 e. The van der Waals surface area contributed by atoms with Crippen molar-refractivity contribution in [3.05, 3.63) is 29.8 Å². The molecule has 1 fully saturated rings. The highest BCUT2D eigenvalue weighted by Gasteiger charge is 2.25. The lowest BCUT2D eigenvalue weighted by Crippen LogP contribution is -2.26. The molecule has 0 unspecified atom stereocenters. The summed E-state index contributed by atoms with van der Waals surface area (Å²) in [5, 5.41) is 0. The maximum atomic E-state index is 11.3. The number of hydrogen-bond donors (Lipinski definition) is 1. The minimum atomic E-state index is -3.10. The van der Waals surface area contributed by atoms with E-state index in [2.05, 4.69) is 0 Å². The Hall–Kier alpha value is -0.580. The largest absolute Gasteiger partial charge is 0.324 e. The fourth-order valence-electron chi connectivity index (χ4n) is 2.01. The van der Waals surface area contributed by atoms with E-state index in [0.29, 0.717) is 10.8 Å². The summed E-state index contributed by atoms with van der Waals surface area (Å²) in [7, 11) is -3.10. The standard InChI is InChI=1S/C12H17NO2S.ClH/c1-16(14,15)11-7-5-10(6-8-11)12(13)9-3-2-4-9;/h5-9,12H,2-4,13H2,1H3;1H/t12-;/m0./s1. The van der Waals surface area contributed by atoms with Gasteiger partial charge in [0.25, 0.3) is 0 Å². The molecule has 0 heterocycles. The van der Waals surface area contributed by atoms with Crippen molar-refractivity contribution in [2.24, 2.45) is 11.7 Å². The summed E-state index contributed by atoms with van der Waals surface area (Å²) in [6, 6.07) is 7.01. The Bertz CT molecular complexity index is 466. The molecule has 1 saturated carbocycles. The second kappa shape index (κ2) is 5.38. The van der Waals surface area contributed by atoms with E-state index in [4.69, 9.17) is 5.73 Å². The van der Waals surface area contributed by atoms with Gasteiger partial charge in [0.2, 0.25) is 0 Å². The summed E-state index contributed by atoms with van der Waals surface area (Å²) in [6.07, 6.45) is 4.86. The fraction of sp³-hybridized carbons (Fsp3) is 0.500. The Kier molecular flexibility index (Phi) is 4.58. The molecule has 0 saturated heterocycles. The molecule has 1 aliphatic rings. The van der Waals surface area contributed by atoms with Crippen LogP contribution in [-0.2, 0) is 9.84 Å². The average Bonchev–Trinajstić information content (AvgIpc) is 2.14. The van der Waals surface area contributed by atoms with Crippen LogP contribution in [0.25, 0.3) is 0 Å². The van der Waals surface area contributed by atoms with Gasteiger partial charge in [0.1, 0.15) is 0 Å². The van der Waals surface area contributed by atoms with Crippen molar-refractivity contribution >= 4 is 22.2 Å². The van der Waals surface area contributed by atoms with Crippen LogP contribution in [-0.4, -0.2) is 14.7 Å². The molecule has 0 spiro atoms. The molecule has 5 heteroatoms. The zero-order chi connectivity index (χ0) is 11.8. The average molecular weight is 276 g/mol. The maximum absolute atomic E-state index is 11.3. The van der Waals surface area contributed by atoms with Gasteiger partial charge in [0.05, 0.1) is 4.90 Å². The molecule has 0 radical (unpaired) electrons. The van der Waals surface area contributed by atoms with Crippen LogP contribution in [0, 0.1) is 5.92 Å². The molecule has 1 aromatic rings. The summed E-state index contributed by atoms with van der Waals surface area (Å²) in [5.41, 5.74) is 7.15. The smallest absolute Gasteiger partial charge is 0.175 e. The van der Waals surface area contributed by atoms with Gasteiger partial charge >= 0.3 is 0 Å².